The van der Waals surface area contributed by atoms with Crippen molar-refractivity contribution in [2.45, 2.75) is 39.2 Å². The molecule has 7 heteroatoms. The maximum Gasteiger partial charge on any atom is 0.490 e. The van der Waals surface area contributed by atoms with Crippen molar-refractivity contribution in [3.8, 4) is 0 Å². The summed E-state index contributed by atoms with van der Waals surface area (Å²) < 4.78 is 43.5. The Bertz CT molecular complexity index is 464. The second kappa shape index (κ2) is 5.60. The van der Waals surface area contributed by atoms with Crippen LogP contribution in [0, 0.1) is 0 Å². The molecule has 0 aliphatic rings. The van der Waals surface area contributed by atoms with Gasteiger partial charge in [0, 0.05) is 5.69 Å². The molecule has 1 aromatic carbocycles. The smallest absolute Gasteiger partial charge is 0.443 e. The van der Waals surface area contributed by atoms with Gasteiger partial charge in [0.15, 0.2) is 0 Å². The predicted octanol–water partition coefficient (Wildman–Crippen LogP) is 3.53. The summed E-state index contributed by atoms with van der Waals surface area (Å²) in [6.07, 6.45) is -6.24. The lowest BCUT2D eigenvalue weighted by molar-refractivity contribution is -0.236. The van der Waals surface area contributed by atoms with E-state index in [1.54, 1.807) is 0 Å². The first-order valence-electron chi connectivity index (χ1n) is 5.91. The van der Waals surface area contributed by atoms with Crippen LogP contribution >= 0.6 is 0 Å². The molecule has 0 saturated heterocycles. The summed E-state index contributed by atoms with van der Waals surface area (Å²) >= 11 is 0. The topological polar surface area (TPSA) is 55.6 Å². The van der Waals surface area contributed by atoms with Crippen molar-refractivity contribution in [3.05, 3.63) is 29.8 Å². The Balaban J connectivity index is 2.91. The normalized spacial score (nSPS) is 12.1. The number of hydrogen-bond acceptors (Lipinski definition) is 3. The highest BCUT2D eigenvalue weighted by atomic mass is 19.4. The van der Waals surface area contributed by atoms with Gasteiger partial charge in [-0.3, -0.25) is 0 Å². The molecule has 0 unspecified atom stereocenters. The average molecular weight is 290 g/mol. The molecule has 0 bridgehead atoms. The minimum Gasteiger partial charge on any atom is -0.443 e. The second-order valence-electron chi connectivity index (χ2n) is 5.28. The number of hydrogen-bond donors (Lipinski definition) is 1. The maximum absolute atomic E-state index is 12.9. The summed E-state index contributed by atoms with van der Waals surface area (Å²) in [5.41, 5.74) is 5.20. The third kappa shape index (κ3) is 4.99. The van der Waals surface area contributed by atoms with E-state index in [1.807, 2.05) is 0 Å². The minimum absolute atomic E-state index is 0.274. The summed E-state index contributed by atoms with van der Waals surface area (Å²) in [6.45, 7) is 3.88. The van der Waals surface area contributed by atoms with Crippen LogP contribution in [0.15, 0.2) is 24.3 Å². The average Bonchev–Trinajstić information content (AvgIpc) is 2.24. The van der Waals surface area contributed by atoms with Crippen molar-refractivity contribution in [1.82, 2.24) is 4.90 Å². The first kappa shape index (κ1) is 16.1. The summed E-state index contributed by atoms with van der Waals surface area (Å²) in [7, 11) is 0. The molecule has 2 N–H and O–H groups in total. The SMILES string of the molecule is CC(C)(C)OC(=O)N(Cc1ccc(N)cc1)C(F)(F)F. The Morgan fingerprint density at radius 1 is 1.20 bits per heavy atom. The van der Waals surface area contributed by atoms with E-state index in [-0.39, 0.29) is 4.90 Å². The molecule has 0 fully saturated rings. The van der Waals surface area contributed by atoms with Crippen LogP contribution in [0.4, 0.5) is 23.7 Å². The molecule has 0 heterocycles. The van der Waals surface area contributed by atoms with Gasteiger partial charge < -0.3 is 10.5 Å². The van der Waals surface area contributed by atoms with Crippen molar-refractivity contribution >= 4 is 11.8 Å². The molecule has 1 rings (SSSR count). The van der Waals surface area contributed by atoms with Crippen molar-refractivity contribution < 1.29 is 22.7 Å². The number of alkyl halides is 3. The Kier molecular flexibility index (Phi) is 4.52. The van der Waals surface area contributed by atoms with Crippen molar-refractivity contribution in [2.75, 3.05) is 5.73 Å². The van der Waals surface area contributed by atoms with E-state index in [0.717, 1.165) is 0 Å². The first-order chi connectivity index (χ1) is 8.99. The Hall–Kier alpha value is -1.92. The van der Waals surface area contributed by atoms with Crippen LogP contribution in [-0.2, 0) is 11.3 Å². The van der Waals surface area contributed by atoms with Gasteiger partial charge in [0.1, 0.15) is 5.60 Å². The van der Waals surface area contributed by atoms with Gasteiger partial charge in [0.05, 0.1) is 6.54 Å². The molecule has 112 valence electrons. The Morgan fingerprint density at radius 2 is 1.70 bits per heavy atom. The van der Waals surface area contributed by atoms with Crippen LogP contribution < -0.4 is 5.73 Å². The quantitative estimate of drug-likeness (QED) is 0.669. The molecule has 20 heavy (non-hydrogen) atoms. The number of carbonyl (C=O) groups is 1. The molecule has 1 amide bonds. The van der Waals surface area contributed by atoms with E-state index < -0.39 is 24.5 Å². The van der Waals surface area contributed by atoms with Crippen molar-refractivity contribution in [2.24, 2.45) is 0 Å². The number of ether oxygens (including phenoxy) is 1. The zero-order chi connectivity index (χ0) is 15.6. The van der Waals surface area contributed by atoms with Gasteiger partial charge in [-0.2, -0.15) is 0 Å². The number of amides is 1. The highest BCUT2D eigenvalue weighted by molar-refractivity contribution is 5.68. The summed E-state index contributed by atoms with van der Waals surface area (Å²) in [6, 6.07) is 5.80. The fraction of sp³-hybridized carbons (Fsp3) is 0.462. The number of nitrogen functional groups attached to an aromatic ring is 1. The zero-order valence-corrected chi connectivity index (χ0v) is 11.5. The second-order valence-corrected chi connectivity index (χ2v) is 5.28. The van der Waals surface area contributed by atoms with Gasteiger partial charge >= 0.3 is 12.4 Å². The summed E-state index contributed by atoms with van der Waals surface area (Å²) in [4.78, 5) is 11.4. The van der Waals surface area contributed by atoms with Crippen LogP contribution in [0.25, 0.3) is 0 Å². The number of halogens is 3. The number of carbonyl (C=O) groups excluding carboxylic acids is 1. The van der Waals surface area contributed by atoms with Gasteiger partial charge in [0.25, 0.3) is 0 Å². The Labute approximate surface area is 115 Å². The highest BCUT2D eigenvalue weighted by Gasteiger charge is 2.43. The van der Waals surface area contributed by atoms with Crippen LogP contribution in [0.3, 0.4) is 0 Å². The van der Waals surface area contributed by atoms with Crippen LogP contribution in [0.1, 0.15) is 26.3 Å². The fourth-order valence-corrected chi connectivity index (χ4v) is 1.38. The fourth-order valence-electron chi connectivity index (χ4n) is 1.38. The number of rotatable bonds is 2. The first-order valence-corrected chi connectivity index (χ1v) is 5.91. The highest BCUT2D eigenvalue weighted by Crippen LogP contribution is 2.26. The Morgan fingerprint density at radius 3 is 2.10 bits per heavy atom. The van der Waals surface area contributed by atoms with E-state index in [9.17, 15) is 18.0 Å². The standard InChI is InChI=1S/C13H17F3N2O2/c1-12(2,3)20-11(19)18(13(14,15)16)8-9-4-6-10(17)7-5-9/h4-7H,8,17H2,1-3H3. The summed E-state index contributed by atoms with van der Waals surface area (Å²) in [5, 5.41) is 0. The molecule has 0 radical (unpaired) electrons. The lowest BCUT2D eigenvalue weighted by Crippen LogP contribution is -2.45. The van der Waals surface area contributed by atoms with E-state index in [4.69, 9.17) is 10.5 Å². The van der Waals surface area contributed by atoms with Gasteiger partial charge in [-0.05, 0) is 38.5 Å². The number of anilines is 1. The molecular weight excluding hydrogens is 273 g/mol. The molecule has 0 saturated carbocycles. The molecule has 4 nitrogen and oxygen atoms in total. The zero-order valence-electron chi connectivity index (χ0n) is 11.5. The predicted molar refractivity (Wildman–Crippen MR) is 68.7 cm³/mol. The van der Waals surface area contributed by atoms with Crippen molar-refractivity contribution in [1.29, 1.82) is 0 Å². The third-order valence-corrected chi connectivity index (χ3v) is 2.24. The molecular formula is C13H17F3N2O2. The molecule has 0 aliphatic heterocycles. The lowest BCUT2D eigenvalue weighted by Gasteiger charge is -2.28. The monoisotopic (exact) mass is 290 g/mol. The van der Waals surface area contributed by atoms with E-state index in [1.165, 1.54) is 45.0 Å². The largest absolute Gasteiger partial charge is 0.490 e. The van der Waals surface area contributed by atoms with Gasteiger partial charge in [0.2, 0.25) is 0 Å². The van der Waals surface area contributed by atoms with Crippen molar-refractivity contribution in [3.63, 3.8) is 0 Å². The molecule has 0 aromatic heterocycles. The van der Waals surface area contributed by atoms with E-state index in [0.29, 0.717) is 11.3 Å². The van der Waals surface area contributed by atoms with Gasteiger partial charge in [-0.25, -0.2) is 9.69 Å². The maximum atomic E-state index is 12.9. The van der Waals surface area contributed by atoms with Crippen LogP contribution in [0.5, 0.6) is 0 Å². The number of benzene rings is 1. The van der Waals surface area contributed by atoms with Gasteiger partial charge in [-0.15, -0.1) is 13.2 Å². The minimum atomic E-state index is -4.82. The van der Waals surface area contributed by atoms with Crippen LogP contribution in [0.2, 0.25) is 0 Å². The summed E-state index contributed by atoms with van der Waals surface area (Å²) in [5.74, 6) is 0. The van der Waals surface area contributed by atoms with E-state index >= 15 is 0 Å². The van der Waals surface area contributed by atoms with E-state index in [2.05, 4.69) is 0 Å². The molecule has 1 aromatic rings. The molecule has 0 aliphatic carbocycles. The third-order valence-electron chi connectivity index (χ3n) is 2.24. The van der Waals surface area contributed by atoms with Crippen LogP contribution in [-0.4, -0.2) is 22.9 Å². The number of nitrogens with zero attached hydrogens (tertiary/aromatic N) is 1. The molecule has 0 atom stereocenters. The molecule has 0 spiro atoms. The lowest BCUT2D eigenvalue weighted by atomic mass is 10.2. The van der Waals surface area contributed by atoms with Gasteiger partial charge in [-0.1, -0.05) is 12.1 Å². The number of nitrogens with two attached hydrogens (primary N) is 1.